The van der Waals surface area contributed by atoms with Gasteiger partial charge in [-0.3, -0.25) is 14.3 Å². The third-order valence-electron chi connectivity index (χ3n) is 4.74. The molecule has 1 N–H and O–H groups in total. The lowest BCUT2D eigenvalue weighted by Crippen LogP contribution is -2.20. The molecule has 9 nitrogen and oxygen atoms in total. The number of nitrogens with one attached hydrogen (secondary N) is 1. The molecule has 4 rings (SSSR count). The lowest BCUT2D eigenvalue weighted by atomic mass is 10.2. The molecule has 34 heavy (non-hydrogen) atoms. The number of carbonyl (C=O) groups is 1. The van der Waals surface area contributed by atoms with Gasteiger partial charge in [-0.15, -0.1) is 10.2 Å². The topological polar surface area (TPSA) is 104 Å². The Labute approximate surface area is 200 Å². The number of methoxy groups -OCH3 is 2. The number of benzene rings is 2. The zero-order valence-corrected chi connectivity index (χ0v) is 19.4. The van der Waals surface area contributed by atoms with Crippen molar-refractivity contribution in [2.24, 2.45) is 5.10 Å². The highest BCUT2D eigenvalue weighted by Gasteiger charge is 2.17. The van der Waals surface area contributed by atoms with Crippen molar-refractivity contribution in [1.82, 2.24) is 25.2 Å². The molecule has 1 amide bonds. The summed E-state index contributed by atoms with van der Waals surface area (Å²) in [6.07, 6.45) is 4.92. The first-order chi connectivity index (χ1) is 16.7. The van der Waals surface area contributed by atoms with Gasteiger partial charge < -0.3 is 9.47 Å². The predicted molar refractivity (Wildman–Crippen MR) is 131 cm³/mol. The normalized spacial score (nSPS) is 10.9. The number of hydrogen-bond donors (Lipinski definition) is 1. The van der Waals surface area contributed by atoms with Crippen molar-refractivity contribution in [1.29, 1.82) is 0 Å². The van der Waals surface area contributed by atoms with Crippen LogP contribution in [0.5, 0.6) is 11.5 Å². The molecule has 0 aliphatic carbocycles. The van der Waals surface area contributed by atoms with Crippen molar-refractivity contribution in [2.45, 2.75) is 5.16 Å². The number of carbonyl (C=O) groups excluding carboxylic acids is 1. The fourth-order valence-electron chi connectivity index (χ4n) is 3.21. The van der Waals surface area contributed by atoms with Crippen LogP contribution in [0, 0.1) is 0 Å². The quantitative estimate of drug-likeness (QED) is 0.225. The van der Waals surface area contributed by atoms with Gasteiger partial charge in [0.25, 0.3) is 5.91 Å². The molecule has 2 aromatic heterocycles. The van der Waals surface area contributed by atoms with Crippen LogP contribution in [0.1, 0.15) is 5.56 Å². The number of amides is 1. The second-order valence-electron chi connectivity index (χ2n) is 6.88. The molecule has 0 spiro atoms. The molecule has 0 saturated heterocycles. The van der Waals surface area contributed by atoms with E-state index in [-0.39, 0.29) is 11.7 Å². The molecule has 0 bridgehead atoms. The highest BCUT2D eigenvalue weighted by molar-refractivity contribution is 7.99. The zero-order chi connectivity index (χ0) is 23.8. The molecule has 0 atom stereocenters. The second kappa shape index (κ2) is 11.1. The van der Waals surface area contributed by atoms with E-state index in [1.54, 1.807) is 32.7 Å². The minimum atomic E-state index is -0.281. The van der Waals surface area contributed by atoms with Gasteiger partial charge in [0.2, 0.25) is 0 Å². The van der Waals surface area contributed by atoms with E-state index in [1.807, 2.05) is 59.2 Å². The van der Waals surface area contributed by atoms with Crippen molar-refractivity contribution >= 4 is 23.9 Å². The summed E-state index contributed by atoms with van der Waals surface area (Å²) in [5.74, 6) is 1.61. The molecule has 2 heterocycles. The maximum Gasteiger partial charge on any atom is 0.250 e. The molecule has 0 aliphatic heterocycles. The van der Waals surface area contributed by atoms with Crippen LogP contribution in [-0.2, 0) is 4.79 Å². The third-order valence-corrected chi connectivity index (χ3v) is 5.67. The molecule has 10 heteroatoms. The van der Waals surface area contributed by atoms with Crippen molar-refractivity contribution in [3.05, 3.63) is 78.6 Å². The van der Waals surface area contributed by atoms with Crippen molar-refractivity contribution in [2.75, 3.05) is 20.0 Å². The van der Waals surface area contributed by atoms with Crippen LogP contribution >= 0.6 is 11.8 Å². The summed E-state index contributed by atoms with van der Waals surface area (Å²) >= 11 is 1.27. The van der Waals surface area contributed by atoms with Crippen LogP contribution in [0.15, 0.2) is 83.3 Å². The molecule has 0 fully saturated rings. The molecule has 172 valence electrons. The molecular weight excluding hydrogens is 452 g/mol. The summed E-state index contributed by atoms with van der Waals surface area (Å²) in [5, 5.41) is 13.3. The summed E-state index contributed by atoms with van der Waals surface area (Å²) < 4.78 is 12.6. The van der Waals surface area contributed by atoms with E-state index in [9.17, 15) is 4.79 Å². The Morgan fingerprint density at radius 1 is 1.03 bits per heavy atom. The van der Waals surface area contributed by atoms with E-state index in [0.29, 0.717) is 28.0 Å². The number of hydrazone groups is 1. The van der Waals surface area contributed by atoms with Crippen molar-refractivity contribution in [3.8, 4) is 28.6 Å². The van der Waals surface area contributed by atoms with E-state index in [4.69, 9.17) is 9.47 Å². The summed E-state index contributed by atoms with van der Waals surface area (Å²) in [6, 6.07) is 18.9. The number of aromatic nitrogens is 4. The Balaban J connectivity index is 1.47. The lowest BCUT2D eigenvalue weighted by molar-refractivity contribution is -0.118. The number of para-hydroxylation sites is 2. The standard InChI is InChI=1S/C24H22N6O3S/c1-32-20-10-6-7-18(22(20)33-2)15-26-27-21(31)16-34-24-29-28-23(17-11-13-25-14-12-17)30(24)19-8-4-3-5-9-19/h3-15H,16H2,1-2H3,(H,27,31)/b26-15-. The maximum atomic E-state index is 12.4. The van der Waals surface area contributed by atoms with Crippen molar-refractivity contribution in [3.63, 3.8) is 0 Å². The first-order valence-electron chi connectivity index (χ1n) is 10.3. The van der Waals surface area contributed by atoms with Crippen LogP contribution < -0.4 is 14.9 Å². The van der Waals surface area contributed by atoms with Gasteiger partial charge in [0.05, 0.1) is 26.2 Å². The maximum absolute atomic E-state index is 12.4. The molecule has 2 aromatic carbocycles. The number of ether oxygens (including phenoxy) is 2. The van der Waals surface area contributed by atoms with Gasteiger partial charge in [-0.05, 0) is 36.4 Å². The number of hydrogen-bond acceptors (Lipinski definition) is 8. The van der Waals surface area contributed by atoms with Crippen LogP contribution in [0.4, 0.5) is 0 Å². The monoisotopic (exact) mass is 474 g/mol. The van der Waals surface area contributed by atoms with Gasteiger partial charge in [0, 0.05) is 29.2 Å². The Morgan fingerprint density at radius 3 is 2.56 bits per heavy atom. The third kappa shape index (κ3) is 5.24. The van der Waals surface area contributed by atoms with Crippen LogP contribution in [0.25, 0.3) is 17.1 Å². The van der Waals surface area contributed by atoms with Gasteiger partial charge in [-0.2, -0.15) is 5.10 Å². The summed E-state index contributed by atoms with van der Waals surface area (Å²) in [5.41, 5.74) is 4.99. The molecule has 0 saturated carbocycles. The van der Waals surface area contributed by atoms with Gasteiger partial charge in [0.15, 0.2) is 22.5 Å². The Bertz CT molecular complexity index is 1280. The predicted octanol–water partition coefficient (Wildman–Crippen LogP) is 3.59. The molecule has 0 unspecified atom stereocenters. The molecule has 0 radical (unpaired) electrons. The minimum Gasteiger partial charge on any atom is -0.493 e. The Kier molecular flexibility index (Phi) is 7.51. The van der Waals surface area contributed by atoms with Crippen LogP contribution in [-0.4, -0.2) is 51.8 Å². The van der Waals surface area contributed by atoms with Gasteiger partial charge >= 0.3 is 0 Å². The first kappa shape index (κ1) is 23.0. The van der Waals surface area contributed by atoms with E-state index in [2.05, 4.69) is 25.7 Å². The lowest BCUT2D eigenvalue weighted by Gasteiger charge is -2.10. The van der Waals surface area contributed by atoms with E-state index in [1.165, 1.54) is 18.0 Å². The second-order valence-corrected chi connectivity index (χ2v) is 7.82. The van der Waals surface area contributed by atoms with Gasteiger partial charge in [-0.1, -0.05) is 36.0 Å². The van der Waals surface area contributed by atoms with E-state index >= 15 is 0 Å². The molecular formula is C24H22N6O3S. The minimum absolute atomic E-state index is 0.105. The Morgan fingerprint density at radius 2 is 1.82 bits per heavy atom. The fraction of sp³-hybridized carbons (Fsp3) is 0.125. The first-order valence-corrected chi connectivity index (χ1v) is 11.3. The van der Waals surface area contributed by atoms with Gasteiger partial charge in [-0.25, -0.2) is 5.43 Å². The van der Waals surface area contributed by atoms with E-state index < -0.39 is 0 Å². The number of nitrogens with zero attached hydrogens (tertiary/aromatic N) is 5. The van der Waals surface area contributed by atoms with E-state index in [0.717, 1.165) is 11.3 Å². The average molecular weight is 475 g/mol. The smallest absolute Gasteiger partial charge is 0.250 e. The van der Waals surface area contributed by atoms with Crippen LogP contribution in [0.3, 0.4) is 0 Å². The van der Waals surface area contributed by atoms with Crippen molar-refractivity contribution < 1.29 is 14.3 Å². The van der Waals surface area contributed by atoms with Gasteiger partial charge in [0.1, 0.15) is 0 Å². The number of pyridine rings is 1. The number of rotatable bonds is 9. The number of thioether (sulfide) groups is 1. The zero-order valence-electron chi connectivity index (χ0n) is 18.6. The summed E-state index contributed by atoms with van der Waals surface area (Å²) in [7, 11) is 3.11. The highest BCUT2D eigenvalue weighted by Crippen LogP contribution is 2.29. The summed E-state index contributed by atoms with van der Waals surface area (Å²) in [6.45, 7) is 0. The van der Waals surface area contributed by atoms with Crippen LogP contribution in [0.2, 0.25) is 0 Å². The SMILES string of the molecule is COc1cccc(/C=N\NC(=O)CSc2nnc(-c3ccncc3)n2-c2ccccc2)c1OC. The highest BCUT2D eigenvalue weighted by atomic mass is 32.2. The molecule has 4 aromatic rings. The average Bonchev–Trinajstić information content (AvgIpc) is 3.32. The fourth-order valence-corrected chi connectivity index (χ4v) is 3.96. The largest absolute Gasteiger partial charge is 0.493 e. The Hall–Kier alpha value is -4.18. The molecule has 0 aliphatic rings. The summed E-state index contributed by atoms with van der Waals surface area (Å²) in [4.78, 5) is 16.5.